The number of carbonyl (C=O) groups is 1. The van der Waals surface area contributed by atoms with Crippen LogP contribution in [0.3, 0.4) is 0 Å². The predicted molar refractivity (Wildman–Crippen MR) is 118 cm³/mol. The lowest BCUT2D eigenvalue weighted by atomic mass is 9.99. The Hall–Kier alpha value is -1.35. The Bertz CT molecular complexity index is 539. The maximum atomic E-state index is 12.2. The Labute approximate surface area is 172 Å². The van der Waals surface area contributed by atoms with E-state index in [1.54, 1.807) is 7.11 Å². The number of aryl methyl sites for hydroxylation is 2. The van der Waals surface area contributed by atoms with Crippen LogP contribution in [0.1, 0.15) is 102 Å². The molecule has 0 radical (unpaired) electrons. The van der Waals surface area contributed by atoms with Gasteiger partial charge in [0.2, 0.25) is 0 Å². The number of hydrogen-bond acceptors (Lipinski definition) is 3. The van der Waals surface area contributed by atoms with E-state index >= 15 is 0 Å². The standard InChI is InChI=1S/C25H42O3/c1-4-6-7-8-9-10-11-12-13-14-23(26)20-24(27)18-16-21-15-17-22(5-2)25(19-21)28-3/h15,17,19,23,26H,4-14,16,18,20H2,1-3H3. The van der Waals surface area contributed by atoms with E-state index in [4.69, 9.17) is 4.74 Å². The maximum absolute atomic E-state index is 12.2. The summed E-state index contributed by atoms with van der Waals surface area (Å²) in [7, 11) is 1.69. The minimum atomic E-state index is -0.478. The number of Topliss-reactive ketones (excluding diaryl/α,β-unsaturated/α-hetero) is 1. The van der Waals surface area contributed by atoms with Gasteiger partial charge in [-0.25, -0.2) is 0 Å². The molecule has 0 bridgehead atoms. The summed E-state index contributed by atoms with van der Waals surface area (Å²) in [4.78, 5) is 12.2. The molecular weight excluding hydrogens is 348 g/mol. The summed E-state index contributed by atoms with van der Waals surface area (Å²) < 4.78 is 5.42. The number of ketones is 1. The van der Waals surface area contributed by atoms with Crippen LogP contribution in [0.4, 0.5) is 0 Å². The first-order valence-electron chi connectivity index (χ1n) is 11.5. The number of ether oxygens (including phenoxy) is 1. The first-order valence-corrected chi connectivity index (χ1v) is 11.5. The molecule has 1 unspecified atom stereocenters. The summed E-state index contributed by atoms with van der Waals surface area (Å²) in [5.74, 6) is 1.06. The molecule has 0 aromatic heterocycles. The van der Waals surface area contributed by atoms with Gasteiger partial charge in [-0.05, 0) is 36.5 Å². The summed E-state index contributed by atoms with van der Waals surface area (Å²) in [5, 5.41) is 10.1. The highest BCUT2D eigenvalue weighted by Crippen LogP contribution is 2.22. The molecular formula is C25H42O3. The molecule has 1 aromatic rings. The molecule has 0 fully saturated rings. The number of benzene rings is 1. The fraction of sp³-hybridized carbons (Fsp3) is 0.720. The normalized spacial score (nSPS) is 12.1. The van der Waals surface area contributed by atoms with Crippen LogP contribution in [-0.2, 0) is 17.6 Å². The van der Waals surface area contributed by atoms with E-state index < -0.39 is 6.10 Å². The molecule has 0 aliphatic rings. The van der Waals surface area contributed by atoms with Crippen LogP contribution in [0, 0.1) is 0 Å². The van der Waals surface area contributed by atoms with E-state index in [2.05, 4.69) is 26.0 Å². The van der Waals surface area contributed by atoms with Gasteiger partial charge in [-0.2, -0.15) is 0 Å². The van der Waals surface area contributed by atoms with E-state index in [-0.39, 0.29) is 5.78 Å². The zero-order valence-corrected chi connectivity index (χ0v) is 18.5. The summed E-state index contributed by atoms with van der Waals surface area (Å²) in [6.07, 6.45) is 14.2. The van der Waals surface area contributed by atoms with Crippen molar-refractivity contribution in [3.63, 3.8) is 0 Å². The molecule has 0 aliphatic heterocycles. The molecule has 0 saturated carbocycles. The predicted octanol–water partition coefficient (Wildman–Crippen LogP) is 6.43. The highest BCUT2D eigenvalue weighted by molar-refractivity contribution is 5.79. The number of aliphatic hydroxyl groups excluding tert-OH is 1. The molecule has 3 heteroatoms. The second-order valence-corrected chi connectivity index (χ2v) is 8.01. The number of rotatable bonds is 17. The van der Waals surface area contributed by atoms with Crippen LogP contribution >= 0.6 is 0 Å². The third kappa shape index (κ3) is 10.8. The molecule has 1 rings (SSSR count). The molecule has 28 heavy (non-hydrogen) atoms. The lowest BCUT2D eigenvalue weighted by Crippen LogP contribution is -2.14. The zero-order valence-electron chi connectivity index (χ0n) is 18.5. The van der Waals surface area contributed by atoms with Crippen molar-refractivity contribution in [2.24, 2.45) is 0 Å². The Morgan fingerprint density at radius 2 is 1.64 bits per heavy atom. The average Bonchev–Trinajstić information content (AvgIpc) is 2.70. The van der Waals surface area contributed by atoms with E-state index in [0.29, 0.717) is 19.3 Å². The molecule has 0 amide bonds. The van der Waals surface area contributed by atoms with Crippen LogP contribution in [-0.4, -0.2) is 24.1 Å². The number of methoxy groups -OCH3 is 1. The third-order valence-corrected chi connectivity index (χ3v) is 5.53. The molecule has 0 spiro atoms. The molecule has 0 saturated heterocycles. The smallest absolute Gasteiger partial charge is 0.135 e. The van der Waals surface area contributed by atoms with Crippen molar-refractivity contribution in [2.75, 3.05) is 7.11 Å². The maximum Gasteiger partial charge on any atom is 0.135 e. The minimum absolute atomic E-state index is 0.155. The molecule has 0 heterocycles. The van der Waals surface area contributed by atoms with Crippen molar-refractivity contribution in [3.05, 3.63) is 29.3 Å². The summed E-state index contributed by atoms with van der Waals surface area (Å²) >= 11 is 0. The Kier molecular flexibility index (Phi) is 13.7. The fourth-order valence-corrected chi connectivity index (χ4v) is 3.68. The van der Waals surface area contributed by atoms with Crippen molar-refractivity contribution in [1.82, 2.24) is 0 Å². The quantitative estimate of drug-likeness (QED) is 0.312. The first-order chi connectivity index (χ1) is 13.6. The minimum Gasteiger partial charge on any atom is -0.496 e. The van der Waals surface area contributed by atoms with Crippen molar-refractivity contribution < 1.29 is 14.6 Å². The molecule has 1 atom stereocenters. The lowest BCUT2D eigenvalue weighted by Gasteiger charge is -2.11. The summed E-state index contributed by atoms with van der Waals surface area (Å²) in [5.41, 5.74) is 2.31. The monoisotopic (exact) mass is 390 g/mol. The van der Waals surface area contributed by atoms with E-state index in [1.807, 2.05) is 6.07 Å². The fourth-order valence-electron chi connectivity index (χ4n) is 3.68. The van der Waals surface area contributed by atoms with Crippen molar-refractivity contribution >= 4 is 5.78 Å². The van der Waals surface area contributed by atoms with Gasteiger partial charge in [-0.15, -0.1) is 0 Å². The number of hydrogen-bond donors (Lipinski definition) is 1. The largest absolute Gasteiger partial charge is 0.496 e. The van der Waals surface area contributed by atoms with Gasteiger partial charge < -0.3 is 9.84 Å². The van der Waals surface area contributed by atoms with Gasteiger partial charge in [0.15, 0.2) is 0 Å². The highest BCUT2D eigenvalue weighted by atomic mass is 16.5. The van der Waals surface area contributed by atoms with Crippen LogP contribution in [0.2, 0.25) is 0 Å². The number of carbonyl (C=O) groups excluding carboxylic acids is 1. The van der Waals surface area contributed by atoms with Gasteiger partial charge >= 0.3 is 0 Å². The Morgan fingerprint density at radius 1 is 1.00 bits per heavy atom. The average molecular weight is 391 g/mol. The zero-order chi connectivity index (χ0) is 20.6. The van der Waals surface area contributed by atoms with Crippen molar-refractivity contribution in [3.8, 4) is 5.75 Å². The van der Waals surface area contributed by atoms with Crippen LogP contribution in [0.5, 0.6) is 5.75 Å². The third-order valence-electron chi connectivity index (χ3n) is 5.53. The molecule has 1 N–H and O–H groups in total. The van der Waals surface area contributed by atoms with E-state index in [0.717, 1.165) is 30.6 Å². The molecule has 1 aromatic carbocycles. The number of aliphatic hydroxyl groups is 1. The molecule has 160 valence electrons. The van der Waals surface area contributed by atoms with Crippen LogP contribution in [0.15, 0.2) is 18.2 Å². The van der Waals surface area contributed by atoms with Crippen LogP contribution < -0.4 is 4.74 Å². The number of unbranched alkanes of at least 4 members (excludes halogenated alkanes) is 8. The Morgan fingerprint density at radius 3 is 2.25 bits per heavy atom. The molecule has 0 aliphatic carbocycles. The first kappa shape index (κ1) is 24.7. The van der Waals surface area contributed by atoms with E-state index in [1.165, 1.54) is 56.9 Å². The second kappa shape index (κ2) is 15.6. The van der Waals surface area contributed by atoms with E-state index in [9.17, 15) is 9.90 Å². The van der Waals surface area contributed by atoms with Gasteiger partial charge in [0, 0.05) is 12.8 Å². The second-order valence-electron chi connectivity index (χ2n) is 8.01. The van der Waals surface area contributed by atoms with Gasteiger partial charge in [0.1, 0.15) is 11.5 Å². The van der Waals surface area contributed by atoms with Crippen molar-refractivity contribution in [2.45, 2.75) is 110 Å². The topological polar surface area (TPSA) is 46.5 Å². The summed E-state index contributed by atoms with van der Waals surface area (Å²) in [6, 6.07) is 6.19. The van der Waals surface area contributed by atoms with Gasteiger partial charge in [-0.1, -0.05) is 83.8 Å². The summed E-state index contributed by atoms with van der Waals surface area (Å²) in [6.45, 7) is 4.35. The van der Waals surface area contributed by atoms with Gasteiger partial charge in [-0.3, -0.25) is 4.79 Å². The Balaban J connectivity index is 2.13. The van der Waals surface area contributed by atoms with Gasteiger partial charge in [0.05, 0.1) is 13.2 Å². The van der Waals surface area contributed by atoms with Crippen LogP contribution in [0.25, 0.3) is 0 Å². The SMILES string of the molecule is CCCCCCCCCCCC(O)CC(=O)CCc1ccc(CC)c(OC)c1. The van der Waals surface area contributed by atoms with Crippen molar-refractivity contribution in [1.29, 1.82) is 0 Å². The molecule has 3 nitrogen and oxygen atoms in total. The van der Waals surface area contributed by atoms with Gasteiger partial charge in [0.25, 0.3) is 0 Å². The highest BCUT2D eigenvalue weighted by Gasteiger charge is 2.11. The lowest BCUT2D eigenvalue weighted by molar-refractivity contribution is -0.121.